The van der Waals surface area contributed by atoms with Crippen molar-refractivity contribution < 1.29 is 10.2 Å². The van der Waals surface area contributed by atoms with Crippen LogP contribution in [0.1, 0.15) is 32.1 Å². The van der Waals surface area contributed by atoms with Gasteiger partial charge in [-0.1, -0.05) is 25.3 Å². The molecule has 0 heterocycles. The third kappa shape index (κ3) is 4.33. The normalized spacial score (nSPS) is 20.5. The van der Waals surface area contributed by atoms with Gasteiger partial charge in [0.1, 0.15) is 0 Å². The molecule has 15 heavy (non-hydrogen) atoms. The lowest BCUT2D eigenvalue weighted by molar-refractivity contribution is -0.0261. The van der Waals surface area contributed by atoms with E-state index in [0.29, 0.717) is 13.1 Å². The summed E-state index contributed by atoms with van der Waals surface area (Å²) >= 11 is 0. The van der Waals surface area contributed by atoms with E-state index in [1.165, 1.54) is 6.42 Å². The van der Waals surface area contributed by atoms with E-state index in [1.54, 1.807) is 0 Å². The van der Waals surface area contributed by atoms with Crippen molar-refractivity contribution in [1.29, 1.82) is 0 Å². The molecule has 0 aromatic rings. The van der Waals surface area contributed by atoms with Crippen molar-refractivity contribution >= 4 is 0 Å². The Hall–Kier alpha value is -0.380. The maximum atomic E-state index is 10.3. The molecule has 3 nitrogen and oxygen atoms in total. The zero-order valence-corrected chi connectivity index (χ0v) is 9.49. The Morgan fingerprint density at radius 1 is 1.27 bits per heavy atom. The Labute approximate surface area is 92.4 Å². The number of aliphatic hydroxyl groups excluding tert-OH is 1. The van der Waals surface area contributed by atoms with Crippen molar-refractivity contribution in [3.63, 3.8) is 0 Å². The Morgan fingerprint density at radius 2 is 1.93 bits per heavy atom. The van der Waals surface area contributed by atoms with Gasteiger partial charge in [0.2, 0.25) is 0 Å². The molecule has 0 amide bonds. The SMILES string of the molecule is C=CCN(CCO)CC1(O)CCCCC1. The molecule has 0 aromatic heterocycles. The Balaban J connectivity index is 2.43. The first-order chi connectivity index (χ1) is 7.20. The predicted molar refractivity (Wildman–Crippen MR) is 61.8 cm³/mol. The third-order valence-electron chi connectivity index (χ3n) is 3.11. The molecule has 88 valence electrons. The molecule has 0 spiro atoms. The van der Waals surface area contributed by atoms with E-state index in [2.05, 4.69) is 11.5 Å². The first-order valence-electron chi connectivity index (χ1n) is 5.87. The second-order valence-corrected chi connectivity index (χ2v) is 4.53. The molecule has 0 aromatic carbocycles. The van der Waals surface area contributed by atoms with Crippen LogP contribution in [0, 0.1) is 0 Å². The maximum Gasteiger partial charge on any atom is 0.0774 e. The molecule has 0 atom stereocenters. The molecule has 0 radical (unpaired) electrons. The van der Waals surface area contributed by atoms with Crippen LogP contribution in [-0.4, -0.2) is 47.0 Å². The van der Waals surface area contributed by atoms with Gasteiger partial charge in [-0.05, 0) is 12.8 Å². The van der Waals surface area contributed by atoms with E-state index in [-0.39, 0.29) is 6.61 Å². The van der Waals surface area contributed by atoms with Crippen molar-refractivity contribution in [3.05, 3.63) is 12.7 Å². The number of hydrogen-bond donors (Lipinski definition) is 2. The molecule has 1 aliphatic carbocycles. The Bertz CT molecular complexity index is 188. The van der Waals surface area contributed by atoms with E-state index in [0.717, 1.165) is 32.2 Å². The van der Waals surface area contributed by atoms with E-state index >= 15 is 0 Å². The highest BCUT2D eigenvalue weighted by Crippen LogP contribution is 2.28. The number of rotatable bonds is 6. The van der Waals surface area contributed by atoms with Crippen LogP contribution >= 0.6 is 0 Å². The van der Waals surface area contributed by atoms with E-state index in [9.17, 15) is 5.11 Å². The number of nitrogens with zero attached hydrogens (tertiary/aromatic N) is 1. The molecule has 0 unspecified atom stereocenters. The highest BCUT2D eigenvalue weighted by atomic mass is 16.3. The van der Waals surface area contributed by atoms with Gasteiger partial charge in [-0.25, -0.2) is 0 Å². The summed E-state index contributed by atoms with van der Waals surface area (Å²) in [5, 5.41) is 19.3. The average Bonchev–Trinajstić information content (AvgIpc) is 2.19. The highest BCUT2D eigenvalue weighted by Gasteiger charge is 2.30. The van der Waals surface area contributed by atoms with Gasteiger partial charge in [-0.2, -0.15) is 0 Å². The topological polar surface area (TPSA) is 43.7 Å². The van der Waals surface area contributed by atoms with Gasteiger partial charge in [0.15, 0.2) is 0 Å². The molecule has 0 aliphatic heterocycles. The molecule has 1 fully saturated rings. The van der Waals surface area contributed by atoms with Crippen LogP contribution in [0.4, 0.5) is 0 Å². The molecular weight excluding hydrogens is 190 g/mol. The fourth-order valence-electron chi connectivity index (χ4n) is 2.34. The minimum absolute atomic E-state index is 0.143. The molecule has 1 saturated carbocycles. The van der Waals surface area contributed by atoms with Crippen LogP contribution in [0.25, 0.3) is 0 Å². The van der Waals surface area contributed by atoms with E-state index < -0.39 is 5.60 Å². The standard InChI is InChI=1S/C12H23NO2/c1-2-8-13(9-10-14)11-12(15)6-4-3-5-7-12/h2,14-15H,1,3-11H2. The smallest absolute Gasteiger partial charge is 0.0774 e. The van der Waals surface area contributed by atoms with Crippen molar-refractivity contribution in [2.45, 2.75) is 37.7 Å². The maximum absolute atomic E-state index is 10.3. The van der Waals surface area contributed by atoms with Gasteiger partial charge in [0.05, 0.1) is 12.2 Å². The lowest BCUT2D eigenvalue weighted by atomic mass is 9.84. The summed E-state index contributed by atoms with van der Waals surface area (Å²) in [6.07, 6.45) is 7.10. The Morgan fingerprint density at radius 3 is 2.47 bits per heavy atom. The quantitative estimate of drug-likeness (QED) is 0.651. The summed E-state index contributed by atoms with van der Waals surface area (Å²) < 4.78 is 0. The summed E-state index contributed by atoms with van der Waals surface area (Å²) in [5.41, 5.74) is -0.531. The minimum Gasteiger partial charge on any atom is -0.395 e. The molecule has 1 rings (SSSR count). The molecule has 0 bridgehead atoms. The largest absolute Gasteiger partial charge is 0.395 e. The predicted octanol–water partition coefficient (Wildman–Crippen LogP) is 1.16. The molecule has 2 N–H and O–H groups in total. The summed E-state index contributed by atoms with van der Waals surface area (Å²) in [4.78, 5) is 2.07. The van der Waals surface area contributed by atoms with Crippen LogP contribution in [0.15, 0.2) is 12.7 Å². The van der Waals surface area contributed by atoms with Crippen LogP contribution in [0.2, 0.25) is 0 Å². The van der Waals surface area contributed by atoms with Gasteiger partial charge >= 0.3 is 0 Å². The average molecular weight is 213 g/mol. The second kappa shape index (κ2) is 6.26. The summed E-state index contributed by atoms with van der Waals surface area (Å²) in [7, 11) is 0. The lowest BCUT2D eigenvalue weighted by Crippen LogP contribution is -2.45. The van der Waals surface area contributed by atoms with Crippen LogP contribution in [0.3, 0.4) is 0 Å². The fourth-order valence-corrected chi connectivity index (χ4v) is 2.34. The van der Waals surface area contributed by atoms with Crippen LogP contribution in [0.5, 0.6) is 0 Å². The fraction of sp³-hybridized carbons (Fsp3) is 0.833. The Kier molecular flexibility index (Phi) is 5.29. The molecule has 1 aliphatic rings. The monoisotopic (exact) mass is 213 g/mol. The first kappa shape index (κ1) is 12.7. The first-order valence-corrected chi connectivity index (χ1v) is 5.87. The zero-order valence-electron chi connectivity index (χ0n) is 9.49. The molecule has 3 heteroatoms. The van der Waals surface area contributed by atoms with Gasteiger partial charge in [0.25, 0.3) is 0 Å². The minimum atomic E-state index is -0.531. The van der Waals surface area contributed by atoms with Gasteiger partial charge in [-0.3, -0.25) is 4.90 Å². The van der Waals surface area contributed by atoms with Gasteiger partial charge in [0, 0.05) is 19.6 Å². The number of hydrogen-bond acceptors (Lipinski definition) is 3. The lowest BCUT2D eigenvalue weighted by Gasteiger charge is -2.36. The van der Waals surface area contributed by atoms with Crippen LogP contribution < -0.4 is 0 Å². The van der Waals surface area contributed by atoms with Crippen molar-refractivity contribution in [3.8, 4) is 0 Å². The molecule has 0 saturated heterocycles. The summed E-state index contributed by atoms with van der Waals surface area (Å²) in [6.45, 7) is 5.86. The van der Waals surface area contributed by atoms with E-state index in [4.69, 9.17) is 5.11 Å². The van der Waals surface area contributed by atoms with Gasteiger partial charge in [-0.15, -0.1) is 6.58 Å². The second-order valence-electron chi connectivity index (χ2n) is 4.53. The van der Waals surface area contributed by atoms with Crippen molar-refractivity contribution in [2.24, 2.45) is 0 Å². The molecular formula is C12H23NO2. The third-order valence-corrected chi connectivity index (χ3v) is 3.11. The van der Waals surface area contributed by atoms with Crippen LogP contribution in [-0.2, 0) is 0 Å². The van der Waals surface area contributed by atoms with Gasteiger partial charge < -0.3 is 10.2 Å². The zero-order chi connectivity index (χ0) is 11.1. The summed E-state index contributed by atoms with van der Waals surface area (Å²) in [5.74, 6) is 0. The summed E-state index contributed by atoms with van der Waals surface area (Å²) in [6, 6.07) is 0. The highest BCUT2D eigenvalue weighted by molar-refractivity contribution is 4.87. The van der Waals surface area contributed by atoms with E-state index in [1.807, 2.05) is 6.08 Å². The van der Waals surface area contributed by atoms with Crippen molar-refractivity contribution in [1.82, 2.24) is 4.90 Å². The van der Waals surface area contributed by atoms with Crippen molar-refractivity contribution in [2.75, 3.05) is 26.2 Å². The number of aliphatic hydroxyl groups is 2.